The molecule has 0 radical (unpaired) electrons. The second-order valence-electron chi connectivity index (χ2n) is 2.29. The van der Waals surface area contributed by atoms with Crippen molar-refractivity contribution in [3.05, 3.63) is 0 Å². The number of nitrogens with two attached hydrogens (primary N) is 1. The number of nitrogens with one attached hydrogen (secondary N) is 1. The van der Waals surface area contributed by atoms with Crippen LogP contribution in [0.2, 0.25) is 0 Å². The Morgan fingerprint density at radius 2 is 1.85 bits per heavy atom. The van der Waals surface area contributed by atoms with Crippen LogP contribution in [0.25, 0.3) is 0 Å². The zero-order valence-electron chi connectivity index (χ0n) is 6.69. The molecular weight excluding hydrogens is 180 g/mol. The van der Waals surface area contributed by atoms with Gasteiger partial charge in [-0.2, -0.15) is 0 Å². The van der Waals surface area contributed by atoms with Gasteiger partial charge < -0.3 is 21.3 Å². The molecule has 1 atom stereocenters. The van der Waals surface area contributed by atoms with Gasteiger partial charge in [0.25, 0.3) is 0 Å². The van der Waals surface area contributed by atoms with Crippen molar-refractivity contribution in [3.63, 3.8) is 0 Å². The molecule has 0 saturated carbocycles. The fourth-order valence-electron chi connectivity index (χ4n) is 0.540. The highest BCUT2D eigenvalue weighted by atomic mass is 16.4. The number of carbonyl (C=O) groups excluding carboxylic acids is 1. The third-order valence-corrected chi connectivity index (χ3v) is 1.25. The molecular formula is C6H10N2O5. The predicted octanol–water partition coefficient (Wildman–Crippen LogP) is -2.01. The van der Waals surface area contributed by atoms with Crippen molar-refractivity contribution >= 4 is 17.8 Å². The molecule has 0 aromatic rings. The van der Waals surface area contributed by atoms with Crippen molar-refractivity contribution in [2.75, 3.05) is 6.54 Å². The van der Waals surface area contributed by atoms with Crippen LogP contribution in [-0.4, -0.2) is 40.6 Å². The Morgan fingerprint density at radius 1 is 1.31 bits per heavy atom. The quantitative estimate of drug-likeness (QED) is 0.379. The van der Waals surface area contributed by atoms with E-state index in [1.165, 1.54) is 0 Å². The Hall–Kier alpha value is -1.63. The van der Waals surface area contributed by atoms with E-state index in [-0.39, 0.29) is 13.0 Å². The molecule has 0 aromatic heterocycles. The molecule has 5 N–H and O–H groups in total. The lowest BCUT2D eigenvalue weighted by Crippen LogP contribution is -2.37. The van der Waals surface area contributed by atoms with Crippen LogP contribution in [0.1, 0.15) is 6.42 Å². The van der Waals surface area contributed by atoms with Crippen LogP contribution in [0.4, 0.5) is 0 Å². The lowest BCUT2D eigenvalue weighted by molar-refractivity contribution is -0.150. The number of aliphatic carboxylic acids is 2. The molecule has 1 unspecified atom stereocenters. The average molecular weight is 190 g/mol. The van der Waals surface area contributed by atoms with Crippen molar-refractivity contribution in [2.24, 2.45) is 5.73 Å². The van der Waals surface area contributed by atoms with Crippen LogP contribution in [0, 0.1) is 0 Å². The van der Waals surface area contributed by atoms with Crippen LogP contribution >= 0.6 is 0 Å². The van der Waals surface area contributed by atoms with Gasteiger partial charge in [-0.25, -0.2) is 4.79 Å². The Bertz CT molecular complexity index is 227. The summed E-state index contributed by atoms with van der Waals surface area (Å²) in [6.45, 7) is -0.0708. The number of carboxylic acid groups (broad SMARTS) is 2. The fraction of sp³-hybridized carbons (Fsp3) is 0.500. The Morgan fingerprint density at radius 3 is 2.23 bits per heavy atom. The number of hydrogen-bond acceptors (Lipinski definition) is 4. The van der Waals surface area contributed by atoms with E-state index in [0.29, 0.717) is 0 Å². The van der Waals surface area contributed by atoms with Crippen LogP contribution in [0.5, 0.6) is 0 Å². The normalized spacial score (nSPS) is 11.8. The summed E-state index contributed by atoms with van der Waals surface area (Å²) >= 11 is 0. The molecule has 1 amide bonds. The van der Waals surface area contributed by atoms with Gasteiger partial charge in [-0.3, -0.25) is 9.59 Å². The van der Waals surface area contributed by atoms with Gasteiger partial charge in [0, 0.05) is 6.54 Å². The van der Waals surface area contributed by atoms with Gasteiger partial charge in [0.2, 0.25) is 0 Å². The van der Waals surface area contributed by atoms with E-state index < -0.39 is 23.9 Å². The van der Waals surface area contributed by atoms with E-state index in [9.17, 15) is 14.4 Å². The molecule has 0 aliphatic rings. The van der Waals surface area contributed by atoms with Crippen LogP contribution in [0.15, 0.2) is 0 Å². The van der Waals surface area contributed by atoms with Gasteiger partial charge in [-0.15, -0.1) is 0 Å². The molecule has 0 aliphatic heterocycles. The van der Waals surface area contributed by atoms with Crippen molar-refractivity contribution in [3.8, 4) is 0 Å². The standard InChI is InChI=1S/C6H10N2O5/c7-3(5(10)11)1-2-8-4(9)6(12)13/h3H,1-2,7H2,(H,8,9)(H,10,11)(H,12,13). The van der Waals surface area contributed by atoms with Crippen LogP contribution in [-0.2, 0) is 14.4 Å². The molecule has 74 valence electrons. The zero-order chi connectivity index (χ0) is 10.4. The predicted molar refractivity (Wildman–Crippen MR) is 40.9 cm³/mol. The van der Waals surface area contributed by atoms with E-state index in [1.54, 1.807) is 0 Å². The number of carbonyl (C=O) groups is 3. The van der Waals surface area contributed by atoms with Crippen LogP contribution in [0.3, 0.4) is 0 Å². The van der Waals surface area contributed by atoms with E-state index in [1.807, 2.05) is 5.32 Å². The smallest absolute Gasteiger partial charge is 0.394 e. The topological polar surface area (TPSA) is 130 Å². The van der Waals surface area contributed by atoms with Gasteiger partial charge in [-0.05, 0) is 6.42 Å². The van der Waals surface area contributed by atoms with Crippen molar-refractivity contribution in [1.29, 1.82) is 0 Å². The van der Waals surface area contributed by atoms with Crippen LogP contribution < -0.4 is 11.1 Å². The molecule has 7 heteroatoms. The van der Waals surface area contributed by atoms with Crippen molar-refractivity contribution < 1.29 is 24.6 Å². The number of hydrogen-bond donors (Lipinski definition) is 4. The first-order valence-electron chi connectivity index (χ1n) is 3.44. The maximum absolute atomic E-state index is 10.4. The van der Waals surface area contributed by atoms with Crippen molar-refractivity contribution in [1.82, 2.24) is 5.32 Å². The maximum atomic E-state index is 10.4. The first kappa shape index (κ1) is 11.4. The SMILES string of the molecule is NC(CCNC(=O)C(=O)O)C(=O)O. The average Bonchev–Trinajstić information content (AvgIpc) is 2.03. The van der Waals surface area contributed by atoms with Crippen molar-refractivity contribution in [2.45, 2.75) is 12.5 Å². The summed E-state index contributed by atoms with van der Waals surface area (Å²) < 4.78 is 0. The fourth-order valence-corrected chi connectivity index (χ4v) is 0.540. The minimum absolute atomic E-state index is 0.00560. The zero-order valence-corrected chi connectivity index (χ0v) is 6.69. The van der Waals surface area contributed by atoms with E-state index in [0.717, 1.165) is 0 Å². The van der Waals surface area contributed by atoms with Gasteiger partial charge in [-0.1, -0.05) is 0 Å². The third-order valence-electron chi connectivity index (χ3n) is 1.25. The second kappa shape index (κ2) is 5.09. The summed E-state index contributed by atoms with van der Waals surface area (Å²) in [5.41, 5.74) is 5.08. The molecule has 13 heavy (non-hydrogen) atoms. The summed E-state index contributed by atoms with van der Waals surface area (Å²) in [6.07, 6.45) is -0.00560. The Labute approximate surface area is 73.5 Å². The molecule has 0 fully saturated rings. The molecule has 0 saturated heterocycles. The molecule has 0 aliphatic carbocycles. The molecule has 0 spiro atoms. The largest absolute Gasteiger partial charge is 0.480 e. The molecule has 0 heterocycles. The number of carboxylic acids is 2. The second-order valence-corrected chi connectivity index (χ2v) is 2.29. The lowest BCUT2D eigenvalue weighted by atomic mass is 10.2. The number of rotatable bonds is 4. The van der Waals surface area contributed by atoms with E-state index in [4.69, 9.17) is 15.9 Å². The summed E-state index contributed by atoms with van der Waals surface area (Å²) in [6, 6.07) is -1.09. The van der Waals surface area contributed by atoms with Gasteiger partial charge >= 0.3 is 17.8 Å². The highest BCUT2D eigenvalue weighted by Gasteiger charge is 2.13. The molecule has 7 nitrogen and oxygen atoms in total. The summed E-state index contributed by atoms with van der Waals surface area (Å²) in [5.74, 6) is -3.97. The molecule has 0 aromatic carbocycles. The van der Waals surface area contributed by atoms with Gasteiger partial charge in [0.1, 0.15) is 6.04 Å². The number of amides is 1. The minimum Gasteiger partial charge on any atom is -0.480 e. The summed E-state index contributed by atoms with van der Waals surface area (Å²) in [5, 5.41) is 18.4. The third kappa shape index (κ3) is 4.75. The maximum Gasteiger partial charge on any atom is 0.394 e. The first-order valence-corrected chi connectivity index (χ1v) is 3.44. The summed E-state index contributed by atoms with van der Waals surface area (Å²) in [4.78, 5) is 30.5. The van der Waals surface area contributed by atoms with E-state index in [2.05, 4.69) is 0 Å². The Kier molecular flexibility index (Phi) is 4.45. The monoisotopic (exact) mass is 190 g/mol. The van der Waals surface area contributed by atoms with E-state index >= 15 is 0 Å². The molecule has 0 bridgehead atoms. The first-order chi connectivity index (χ1) is 5.95. The Balaban J connectivity index is 3.62. The highest BCUT2D eigenvalue weighted by Crippen LogP contribution is 1.85. The highest BCUT2D eigenvalue weighted by molar-refractivity contribution is 6.31. The lowest BCUT2D eigenvalue weighted by Gasteiger charge is -2.05. The minimum atomic E-state index is -1.61. The van der Waals surface area contributed by atoms with Gasteiger partial charge in [0.05, 0.1) is 0 Å². The summed E-state index contributed by atoms with van der Waals surface area (Å²) in [7, 11) is 0. The van der Waals surface area contributed by atoms with Gasteiger partial charge in [0.15, 0.2) is 0 Å². The molecule has 0 rings (SSSR count).